The molecule has 1 aliphatic rings. The van der Waals surface area contributed by atoms with Gasteiger partial charge in [0.1, 0.15) is 10.3 Å². The highest BCUT2D eigenvalue weighted by Crippen LogP contribution is 2.30. The number of aromatic nitrogens is 2. The van der Waals surface area contributed by atoms with E-state index in [1.54, 1.807) is 11.3 Å². The number of hydrogen-bond donors (Lipinski definition) is 2. The molecule has 2 aromatic rings. The number of hydrogen-bond acceptors (Lipinski definition) is 4. The van der Waals surface area contributed by atoms with Crippen molar-refractivity contribution in [3.63, 3.8) is 0 Å². The molecule has 0 fully saturated rings. The monoisotopic (exact) mass is 268 g/mol. The van der Waals surface area contributed by atoms with E-state index in [0.29, 0.717) is 23.3 Å². The summed E-state index contributed by atoms with van der Waals surface area (Å²) in [6.07, 6.45) is 0.652. The second-order valence-corrected chi connectivity index (χ2v) is 6.35. The molecule has 4 nitrogen and oxygen atoms in total. The summed E-state index contributed by atoms with van der Waals surface area (Å²) in [4.78, 5) is 20.1. The van der Waals surface area contributed by atoms with Crippen LogP contribution in [0.25, 0.3) is 10.3 Å². The van der Waals surface area contributed by atoms with E-state index in [4.69, 9.17) is 17.0 Å². The highest BCUT2D eigenvalue weighted by Gasteiger charge is 2.29. The van der Waals surface area contributed by atoms with Gasteiger partial charge in [-0.3, -0.25) is 4.79 Å². The summed E-state index contributed by atoms with van der Waals surface area (Å²) >= 11 is 6.56. The maximum Gasteiger partial charge on any atom is 0.209 e. The molecule has 0 aromatic carbocycles. The molecular weight excluding hydrogens is 256 g/mol. The number of aromatic amines is 2. The van der Waals surface area contributed by atoms with E-state index < -0.39 is 0 Å². The fraction of sp³-hybridized carbons (Fsp3) is 0.455. The van der Waals surface area contributed by atoms with Crippen LogP contribution in [-0.4, -0.2) is 15.6 Å². The Kier molecular flexibility index (Phi) is 2.30. The average molecular weight is 268 g/mol. The summed E-state index contributed by atoms with van der Waals surface area (Å²) < 4.78 is 6.22. The van der Waals surface area contributed by atoms with Crippen molar-refractivity contribution in [1.29, 1.82) is 0 Å². The van der Waals surface area contributed by atoms with Crippen LogP contribution >= 0.6 is 23.6 Å². The van der Waals surface area contributed by atoms with Crippen molar-refractivity contribution in [2.75, 3.05) is 0 Å². The van der Waals surface area contributed by atoms with Gasteiger partial charge < -0.3 is 14.7 Å². The van der Waals surface area contributed by atoms with Crippen LogP contribution < -0.4 is 5.43 Å². The lowest BCUT2D eigenvalue weighted by Gasteiger charge is -2.30. The van der Waals surface area contributed by atoms with E-state index in [2.05, 4.69) is 9.97 Å². The Bertz CT molecular complexity index is 708. The molecule has 0 spiro atoms. The van der Waals surface area contributed by atoms with Gasteiger partial charge in [0.25, 0.3) is 0 Å². The summed E-state index contributed by atoms with van der Waals surface area (Å²) in [5.74, 6) is 0. The normalized spacial score (nSPS) is 18.2. The highest BCUT2D eigenvalue weighted by atomic mass is 32.1. The lowest BCUT2D eigenvalue weighted by atomic mass is 9.96. The molecule has 1 aliphatic heterocycles. The van der Waals surface area contributed by atoms with Crippen molar-refractivity contribution in [3.8, 4) is 0 Å². The fourth-order valence-corrected chi connectivity index (χ4v) is 3.42. The molecular formula is C11H12N2O2S2. The number of imidazole rings is 1. The predicted molar refractivity (Wildman–Crippen MR) is 70.2 cm³/mol. The molecule has 0 aliphatic carbocycles. The van der Waals surface area contributed by atoms with E-state index in [-0.39, 0.29) is 11.0 Å². The zero-order valence-corrected chi connectivity index (χ0v) is 11.2. The summed E-state index contributed by atoms with van der Waals surface area (Å²) in [6.45, 7) is 4.51. The molecule has 0 atom stereocenters. The number of rotatable bonds is 0. The number of nitrogens with one attached hydrogen (secondary N) is 2. The first kappa shape index (κ1) is 11.1. The Labute approximate surface area is 107 Å². The molecule has 0 radical (unpaired) electrons. The van der Waals surface area contributed by atoms with Crippen LogP contribution in [0.1, 0.15) is 24.3 Å². The third-order valence-corrected chi connectivity index (χ3v) is 4.28. The largest absolute Gasteiger partial charge is 0.370 e. The van der Waals surface area contributed by atoms with Crippen molar-refractivity contribution >= 4 is 33.9 Å². The lowest BCUT2D eigenvalue weighted by Crippen LogP contribution is -2.34. The Morgan fingerprint density at radius 1 is 1.41 bits per heavy atom. The van der Waals surface area contributed by atoms with Gasteiger partial charge in [0, 0.05) is 16.9 Å². The topological polar surface area (TPSA) is 57.9 Å². The zero-order valence-electron chi connectivity index (χ0n) is 9.55. The van der Waals surface area contributed by atoms with Gasteiger partial charge in [0.15, 0.2) is 4.77 Å². The summed E-state index contributed by atoms with van der Waals surface area (Å²) in [6, 6.07) is 0. The van der Waals surface area contributed by atoms with Crippen LogP contribution in [0.4, 0.5) is 0 Å². The average Bonchev–Trinajstić information content (AvgIpc) is 2.60. The van der Waals surface area contributed by atoms with Crippen molar-refractivity contribution in [2.24, 2.45) is 0 Å². The van der Waals surface area contributed by atoms with Gasteiger partial charge in [-0.15, -0.1) is 11.3 Å². The minimum atomic E-state index is -0.264. The van der Waals surface area contributed by atoms with Crippen molar-refractivity contribution < 1.29 is 4.74 Å². The van der Waals surface area contributed by atoms with Crippen molar-refractivity contribution in [3.05, 3.63) is 25.4 Å². The first-order valence-electron chi connectivity index (χ1n) is 5.37. The van der Waals surface area contributed by atoms with Crippen molar-refractivity contribution in [2.45, 2.75) is 32.5 Å². The number of ether oxygens (including phenoxy) is 1. The van der Waals surface area contributed by atoms with Gasteiger partial charge in [-0.2, -0.15) is 0 Å². The van der Waals surface area contributed by atoms with Gasteiger partial charge in [-0.1, -0.05) is 0 Å². The van der Waals surface area contributed by atoms with Gasteiger partial charge in [0.2, 0.25) is 5.43 Å². The molecule has 3 rings (SSSR count). The highest BCUT2D eigenvalue weighted by molar-refractivity contribution is 7.71. The second-order valence-electron chi connectivity index (χ2n) is 4.84. The third-order valence-electron chi connectivity index (χ3n) is 2.95. The fourth-order valence-electron chi connectivity index (χ4n) is 2.10. The number of H-pyrrole nitrogens is 2. The van der Waals surface area contributed by atoms with Crippen LogP contribution in [0.5, 0.6) is 0 Å². The van der Waals surface area contributed by atoms with Crippen LogP contribution in [-0.2, 0) is 17.8 Å². The SMILES string of the molecule is CC1(C)Cc2c(sc3[nH]c(=S)[nH]c3c2=O)CO1. The summed E-state index contributed by atoms with van der Waals surface area (Å²) in [7, 11) is 0. The molecule has 0 unspecified atom stereocenters. The van der Waals surface area contributed by atoms with Gasteiger partial charge in [0.05, 0.1) is 12.2 Å². The van der Waals surface area contributed by atoms with Gasteiger partial charge in [-0.25, -0.2) is 0 Å². The van der Waals surface area contributed by atoms with Gasteiger partial charge in [-0.05, 0) is 26.1 Å². The van der Waals surface area contributed by atoms with E-state index in [1.807, 2.05) is 13.8 Å². The van der Waals surface area contributed by atoms with Crippen LogP contribution in [0.15, 0.2) is 4.79 Å². The second kappa shape index (κ2) is 3.51. The maximum atomic E-state index is 12.3. The lowest BCUT2D eigenvalue weighted by molar-refractivity contribution is -0.0386. The first-order chi connectivity index (χ1) is 7.96. The van der Waals surface area contributed by atoms with Crippen LogP contribution in [0.2, 0.25) is 0 Å². The van der Waals surface area contributed by atoms with E-state index in [0.717, 1.165) is 15.3 Å². The van der Waals surface area contributed by atoms with E-state index >= 15 is 0 Å². The molecule has 0 amide bonds. The molecule has 3 heterocycles. The summed E-state index contributed by atoms with van der Waals surface area (Å²) in [5, 5.41) is 0. The molecule has 0 bridgehead atoms. The molecule has 2 N–H and O–H groups in total. The molecule has 90 valence electrons. The Hall–Kier alpha value is -0.980. The summed E-state index contributed by atoms with van der Waals surface area (Å²) in [5.41, 5.74) is 1.25. The maximum absolute atomic E-state index is 12.3. The molecule has 2 aromatic heterocycles. The van der Waals surface area contributed by atoms with E-state index in [1.165, 1.54) is 0 Å². The quantitative estimate of drug-likeness (QED) is 0.722. The molecule has 6 heteroatoms. The van der Waals surface area contributed by atoms with Gasteiger partial charge >= 0.3 is 0 Å². The third kappa shape index (κ3) is 1.76. The molecule has 0 saturated heterocycles. The Balaban J connectivity index is 2.33. The predicted octanol–water partition coefficient (Wildman–Crippen LogP) is 2.50. The Morgan fingerprint density at radius 2 is 2.18 bits per heavy atom. The van der Waals surface area contributed by atoms with Crippen LogP contribution in [0.3, 0.4) is 0 Å². The van der Waals surface area contributed by atoms with Crippen LogP contribution in [0, 0.1) is 4.77 Å². The number of fused-ring (bicyclic) bond motifs is 2. The standard InChI is InChI=1S/C11H12N2O2S2/c1-11(2)3-5-6(4-15-11)17-9-7(8(5)14)12-10(16)13-9/h3-4H2,1-2H3,(H2,12,13,16). The molecule has 17 heavy (non-hydrogen) atoms. The zero-order chi connectivity index (χ0) is 12.2. The minimum Gasteiger partial charge on any atom is -0.370 e. The smallest absolute Gasteiger partial charge is 0.209 e. The Morgan fingerprint density at radius 3 is 2.94 bits per heavy atom. The molecule has 0 saturated carbocycles. The van der Waals surface area contributed by atoms with E-state index in [9.17, 15) is 4.79 Å². The first-order valence-corrected chi connectivity index (χ1v) is 6.59. The minimum absolute atomic E-state index is 0.0532. The van der Waals surface area contributed by atoms with Crippen molar-refractivity contribution in [1.82, 2.24) is 9.97 Å².